The molecule has 0 aromatic heterocycles. The Labute approximate surface area is 105 Å². The van der Waals surface area contributed by atoms with Crippen LogP contribution in [-0.4, -0.2) is 36.0 Å². The van der Waals surface area contributed by atoms with E-state index in [2.05, 4.69) is 53.6 Å². The first-order valence-corrected chi connectivity index (χ1v) is 6.48. The van der Waals surface area contributed by atoms with Gasteiger partial charge in [0.1, 0.15) is 0 Å². The van der Waals surface area contributed by atoms with Crippen molar-refractivity contribution in [1.82, 2.24) is 9.80 Å². The maximum atomic E-state index is 4.11. The minimum Gasteiger partial charge on any atom is -0.373 e. The van der Waals surface area contributed by atoms with Gasteiger partial charge in [-0.05, 0) is 12.0 Å². The number of rotatable bonds is 4. The number of hydrogen-bond acceptors (Lipinski definition) is 2. The molecule has 0 spiro atoms. The molecule has 0 bridgehead atoms. The van der Waals surface area contributed by atoms with Crippen molar-refractivity contribution in [2.75, 3.05) is 26.2 Å². The molecule has 1 aromatic rings. The van der Waals surface area contributed by atoms with Crippen molar-refractivity contribution in [3.8, 4) is 0 Å². The molecular weight excluding hydrogens is 208 g/mol. The number of hydrogen-bond donors (Lipinski definition) is 0. The zero-order valence-corrected chi connectivity index (χ0v) is 10.7. The van der Waals surface area contributed by atoms with Crippen molar-refractivity contribution in [3.63, 3.8) is 0 Å². The normalized spacial score (nSPS) is 17.1. The molecule has 1 saturated heterocycles. The molecule has 1 heterocycles. The first-order chi connectivity index (χ1) is 8.29. The summed E-state index contributed by atoms with van der Waals surface area (Å²) in [5.74, 6) is 0. The third-order valence-corrected chi connectivity index (χ3v) is 3.48. The van der Waals surface area contributed by atoms with Crippen LogP contribution in [0.3, 0.4) is 0 Å². The van der Waals surface area contributed by atoms with Crippen LogP contribution in [0, 0.1) is 0 Å². The first kappa shape index (κ1) is 12.2. The Balaban J connectivity index is 1.82. The van der Waals surface area contributed by atoms with Crippen molar-refractivity contribution in [2.45, 2.75) is 19.9 Å². The molecule has 0 aliphatic carbocycles. The summed E-state index contributed by atoms with van der Waals surface area (Å²) in [6.07, 6.45) is 1.07. The van der Waals surface area contributed by atoms with Crippen LogP contribution < -0.4 is 0 Å². The van der Waals surface area contributed by atoms with Gasteiger partial charge < -0.3 is 4.90 Å². The Hall–Kier alpha value is -1.28. The van der Waals surface area contributed by atoms with Gasteiger partial charge in [0, 0.05) is 38.4 Å². The molecule has 1 fully saturated rings. The van der Waals surface area contributed by atoms with Crippen molar-refractivity contribution in [2.24, 2.45) is 0 Å². The summed E-state index contributed by atoms with van der Waals surface area (Å²) in [6.45, 7) is 11.9. The van der Waals surface area contributed by atoms with E-state index in [1.165, 1.54) is 11.3 Å². The van der Waals surface area contributed by atoms with Gasteiger partial charge in [-0.2, -0.15) is 0 Å². The van der Waals surface area contributed by atoms with E-state index in [9.17, 15) is 0 Å². The predicted octanol–water partition coefficient (Wildman–Crippen LogP) is 2.73. The van der Waals surface area contributed by atoms with Crippen molar-refractivity contribution < 1.29 is 0 Å². The quantitative estimate of drug-likeness (QED) is 0.784. The number of allylic oxidation sites excluding steroid dienone is 1. The molecule has 1 aromatic carbocycles. The Bertz CT molecular complexity index is 350. The van der Waals surface area contributed by atoms with E-state index in [0.717, 1.165) is 39.1 Å². The second kappa shape index (κ2) is 5.87. The maximum Gasteiger partial charge on any atom is 0.0303 e. The lowest BCUT2D eigenvalue weighted by Crippen LogP contribution is -2.45. The monoisotopic (exact) mass is 230 g/mol. The van der Waals surface area contributed by atoms with E-state index in [1.54, 1.807) is 0 Å². The minimum absolute atomic E-state index is 1.07. The Morgan fingerprint density at radius 2 is 1.76 bits per heavy atom. The molecule has 2 nitrogen and oxygen atoms in total. The van der Waals surface area contributed by atoms with Crippen LogP contribution in [-0.2, 0) is 6.54 Å². The third kappa shape index (κ3) is 3.34. The standard InChI is InChI=1S/C15H22N2/c1-3-14(2)17-11-9-16(10-12-17)13-15-7-5-4-6-8-15/h4-8H,2-3,9-13H2,1H3. The van der Waals surface area contributed by atoms with Crippen LogP contribution in [0.25, 0.3) is 0 Å². The number of nitrogens with zero attached hydrogens (tertiary/aromatic N) is 2. The molecule has 0 atom stereocenters. The van der Waals surface area contributed by atoms with Crippen LogP contribution in [0.5, 0.6) is 0 Å². The van der Waals surface area contributed by atoms with Gasteiger partial charge in [-0.1, -0.05) is 43.8 Å². The molecule has 1 aliphatic rings. The van der Waals surface area contributed by atoms with E-state index < -0.39 is 0 Å². The molecule has 2 rings (SSSR count). The number of benzene rings is 1. The summed E-state index contributed by atoms with van der Waals surface area (Å²) in [6, 6.07) is 10.7. The van der Waals surface area contributed by atoms with Gasteiger partial charge in [0.15, 0.2) is 0 Å². The van der Waals surface area contributed by atoms with E-state index in [4.69, 9.17) is 0 Å². The highest BCUT2D eigenvalue weighted by Crippen LogP contribution is 2.12. The molecule has 0 amide bonds. The predicted molar refractivity (Wildman–Crippen MR) is 72.7 cm³/mol. The molecule has 1 aliphatic heterocycles. The lowest BCUT2D eigenvalue weighted by molar-refractivity contribution is 0.151. The molecule has 92 valence electrons. The molecule has 0 saturated carbocycles. The molecule has 0 N–H and O–H groups in total. The fraction of sp³-hybridized carbons (Fsp3) is 0.467. The van der Waals surface area contributed by atoms with E-state index in [0.29, 0.717) is 0 Å². The smallest absolute Gasteiger partial charge is 0.0303 e. The second-order valence-corrected chi connectivity index (χ2v) is 4.67. The minimum atomic E-state index is 1.07. The zero-order valence-electron chi connectivity index (χ0n) is 10.7. The topological polar surface area (TPSA) is 6.48 Å². The van der Waals surface area contributed by atoms with Crippen molar-refractivity contribution in [3.05, 3.63) is 48.2 Å². The number of piperazine rings is 1. The summed E-state index contributed by atoms with van der Waals surface area (Å²) in [5.41, 5.74) is 2.69. The highest BCUT2D eigenvalue weighted by Gasteiger charge is 2.16. The van der Waals surface area contributed by atoms with E-state index in [-0.39, 0.29) is 0 Å². The molecule has 2 heteroatoms. The van der Waals surface area contributed by atoms with Crippen LogP contribution in [0.2, 0.25) is 0 Å². The van der Waals surface area contributed by atoms with Crippen molar-refractivity contribution >= 4 is 0 Å². The summed E-state index contributed by atoms with van der Waals surface area (Å²) >= 11 is 0. The van der Waals surface area contributed by atoms with Crippen molar-refractivity contribution in [1.29, 1.82) is 0 Å². The fourth-order valence-electron chi connectivity index (χ4n) is 2.29. The zero-order chi connectivity index (χ0) is 12.1. The van der Waals surface area contributed by atoms with Crippen LogP contribution in [0.4, 0.5) is 0 Å². The largest absolute Gasteiger partial charge is 0.373 e. The van der Waals surface area contributed by atoms with E-state index in [1.807, 2.05) is 0 Å². The van der Waals surface area contributed by atoms with E-state index >= 15 is 0 Å². The summed E-state index contributed by atoms with van der Waals surface area (Å²) in [7, 11) is 0. The average Bonchev–Trinajstić information content (AvgIpc) is 2.40. The Kier molecular flexibility index (Phi) is 4.21. The average molecular weight is 230 g/mol. The lowest BCUT2D eigenvalue weighted by atomic mass is 10.2. The van der Waals surface area contributed by atoms with Crippen LogP contribution in [0.1, 0.15) is 18.9 Å². The maximum absolute atomic E-state index is 4.11. The molecular formula is C15H22N2. The van der Waals surface area contributed by atoms with Gasteiger partial charge in [0.05, 0.1) is 0 Å². The second-order valence-electron chi connectivity index (χ2n) is 4.67. The molecule has 0 radical (unpaired) electrons. The van der Waals surface area contributed by atoms with Gasteiger partial charge in [-0.15, -0.1) is 0 Å². The fourth-order valence-corrected chi connectivity index (χ4v) is 2.29. The van der Waals surface area contributed by atoms with Crippen LogP contribution in [0.15, 0.2) is 42.6 Å². The first-order valence-electron chi connectivity index (χ1n) is 6.48. The summed E-state index contributed by atoms with van der Waals surface area (Å²) in [5, 5.41) is 0. The SMILES string of the molecule is C=C(CC)N1CCN(Cc2ccccc2)CC1. The highest BCUT2D eigenvalue weighted by molar-refractivity contribution is 5.14. The van der Waals surface area contributed by atoms with Gasteiger partial charge in [-0.3, -0.25) is 4.90 Å². The third-order valence-electron chi connectivity index (χ3n) is 3.48. The molecule has 17 heavy (non-hydrogen) atoms. The molecule has 0 unspecified atom stereocenters. The Morgan fingerprint density at radius 1 is 1.12 bits per heavy atom. The summed E-state index contributed by atoms with van der Waals surface area (Å²) < 4.78 is 0. The van der Waals surface area contributed by atoms with Gasteiger partial charge in [0.2, 0.25) is 0 Å². The Morgan fingerprint density at radius 3 is 2.35 bits per heavy atom. The van der Waals surface area contributed by atoms with Gasteiger partial charge >= 0.3 is 0 Å². The van der Waals surface area contributed by atoms with Gasteiger partial charge in [-0.25, -0.2) is 0 Å². The van der Waals surface area contributed by atoms with Gasteiger partial charge in [0.25, 0.3) is 0 Å². The lowest BCUT2D eigenvalue weighted by Gasteiger charge is -2.36. The highest BCUT2D eigenvalue weighted by atomic mass is 15.3. The summed E-state index contributed by atoms with van der Waals surface area (Å²) in [4.78, 5) is 4.94. The van der Waals surface area contributed by atoms with Crippen LogP contribution >= 0.6 is 0 Å².